The van der Waals surface area contributed by atoms with Crippen LogP contribution < -0.4 is 20.3 Å². The minimum absolute atomic E-state index is 0.0522. The number of carbonyl (C=O) groups excluding carboxylic acids is 1. The van der Waals surface area contributed by atoms with Gasteiger partial charge in [0, 0.05) is 49.1 Å². The van der Waals surface area contributed by atoms with Crippen LogP contribution in [-0.2, 0) is 6.54 Å². The molecule has 4 heterocycles. The van der Waals surface area contributed by atoms with E-state index in [2.05, 4.69) is 5.32 Å². The Balaban J connectivity index is 1.33. The Morgan fingerprint density at radius 3 is 2.78 bits per heavy atom. The molecule has 7 heteroatoms. The quantitative estimate of drug-likeness (QED) is 0.839. The van der Waals surface area contributed by atoms with Crippen molar-refractivity contribution in [3.8, 4) is 11.5 Å². The first kappa shape index (κ1) is 16.2. The van der Waals surface area contributed by atoms with Gasteiger partial charge in [0.15, 0.2) is 11.5 Å². The molecule has 2 bridgehead atoms. The summed E-state index contributed by atoms with van der Waals surface area (Å²) in [7, 11) is 0. The highest BCUT2D eigenvalue weighted by Gasteiger charge is 2.36. The van der Waals surface area contributed by atoms with Crippen LogP contribution in [0.3, 0.4) is 0 Å². The summed E-state index contributed by atoms with van der Waals surface area (Å²) < 4.78 is 13.0. The van der Waals surface area contributed by atoms with Gasteiger partial charge in [0.2, 0.25) is 0 Å². The lowest BCUT2D eigenvalue weighted by molar-refractivity contribution is 0.139. The van der Waals surface area contributed by atoms with E-state index in [1.807, 2.05) is 33.7 Å². The fraction of sp³-hybridized carbons (Fsp3) is 0.400. The summed E-state index contributed by atoms with van der Waals surface area (Å²) in [5.74, 6) is 1.87. The van der Waals surface area contributed by atoms with Gasteiger partial charge < -0.3 is 24.3 Å². The number of fused-ring (bicyclic) bond motifs is 5. The average molecular weight is 367 g/mol. The largest absolute Gasteiger partial charge is 0.486 e. The number of pyridine rings is 1. The number of likely N-dealkylation sites (tertiary alicyclic amines) is 1. The second-order valence-corrected chi connectivity index (χ2v) is 7.39. The van der Waals surface area contributed by atoms with Gasteiger partial charge in [-0.15, -0.1) is 0 Å². The van der Waals surface area contributed by atoms with Crippen LogP contribution in [0.2, 0.25) is 0 Å². The lowest BCUT2D eigenvalue weighted by Gasteiger charge is -2.42. The third kappa shape index (κ3) is 2.93. The number of hydrogen-bond acceptors (Lipinski definition) is 4. The van der Waals surface area contributed by atoms with Crippen molar-refractivity contribution in [3.63, 3.8) is 0 Å². The van der Waals surface area contributed by atoms with Gasteiger partial charge >= 0.3 is 6.03 Å². The van der Waals surface area contributed by atoms with Crippen molar-refractivity contribution in [3.05, 3.63) is 52.4 Å². The summed E-state index contributed by atoms with van der Waals surface area (Å²) in [6.45, 7) is 3.02. The summed E-state index contributed by atoms with van der Waals surface area (Å²) >= 11 is 0. The van der Waals surface area contributed by atoms with E-state index in [9.17, 15) is 9.59 Å². The van der Waals surface area contributed by atoms with Crippen molar-refractivity contribution in [2.45, 2.75) is 18.9 Å². The molecule has 5 rings (SSSR count). The van der Waals surface area contributed by atoms with Crippen molar-refractivity contribution in [2.75, 3.05) is 31.6 Å². The van der Waals surface area contributed by atoms with E-state index in [0.29, 0.717) is 56.0 Å². The molecule has 1 N–H and O–H groups in total. The Bertz CT molecular complexity index is 954. The summed E-state index contributed by atoms with van der Waals surface area (Å²) in [5.41, 5.74) is 1.78. The monoisotopic (exact) mass is 367 g/mol. The number of carbonyl (C=O) groups is 1. The Hall–Kier alpha value is -2.96. The number of urea groups is 1. The molecule has 0 spiro atoms. The molecule has 2 aromatic rings. The van der Waals surface area contributed by atoms with Crippen molar-refractivity contribution >= 4 is 11.7 Å². The van der Waals surface area contributed by atoms with E-state index in [0.717, 1.165) is 12.1 Å². The molecule has 0 aliphatic carbocycles. The predicted molar refractivity (Wildman–Crippen MR) is 99.6 cm³/mol. The van der Waals surface area contributed by atoms with Crippen LogP contribution in [0, 0.1) is 5.92 Å². The van der Waals surface area contributed by atoms with Crippen LogP contribution >= 0.6 is 0 Å². The second-order valence-electron chi connectivity index (χ2n) is 7.39. The standard InChI is InChI=1S/C20H21N3O4/c24-19-3-1-2-16-14-8-13(11-23(16)19)10-22(12-14)20(25)21-15-4-5-17-18(9-15)27-7-6-26-17/h1-5,9,13-14H,6-8,10-12H2,(H,21,25)/t13-,14+/m0/s1. The van der Waals surface area contributed by atoms with Crippen LogP contribution in [0.1, 0.15) is 18.0 Å². The number of anilines is 1. The topological polar surface area (TPSA) is 72.8 Å². The number of ether oxygens (including phenoxy) is 2. The lowest BCUT2D eigenvalue weighted by atomic mass is 9.83. The van der Waals surface area contributed by atoms with Gasteiger partial charge in [-0.1, -0.05) is 6.07 Å². The first-order chi connectivity index (χ1) is 13.2. The number of benzene rings is 1. The molecule has 140 valence electrons. The van der Waals surface area contributed by atoms with Crippen molar-refractivity contribution in [1.29, 1.82) is 0 Å². The van der Waals surface area contributed by atoms with Gasteiger partial charge in [-0.25, -0.2) is 4.79 Å². The van der Waals surface area contributed by atoms with Crippen LogP contribution in [0.15, 0.2) is 41.2 Å². The molecule has 3 aliphatic heterocycles. The number of aromatic nitrogens is 1. The maximum absolute atomic E-state index is 12.8. The van der Waals surface area contributed by atoms with E-state index >= 15 is 0 Å². The van der Waals surface area contributed by atoms with Gasteiger partial charge in [0.25, 0.3) is 5.56 Å². The molecule has 7 nitrogen and oxygen atoms in total. The van der Waals surface area contributed by atoms with E-state index in [1.165, 1.54) is 0 Å². The minimum atomic E-state index is -0.117. The lowest BCUT2D eigenvalue weighted by Crippen LogP contribution is -2.50. The number of amides is 2. The van der Waals surface area contributed by atoms with Crippen LogP contribution in [0.25, 0.3) is 0 Å². The van der Waals surface area contributed by atoms with Gasteiger partial charge in [-0.3, -0.25) is 4.79 Å². The third-order valence-corrected chi connectivity index (χ3v) is 5.56. The van der Waals surface area contributed by atoms with E-state index in [4.69, 9.17) is 9.47 Å². The molecular formula is C20H21N3O4. The molecule has 27 heavy (non-hydrogen) atoms. The molecule has 2 atom stereocenters. The first-order valence-corrected chi connectivity index (χ1v) is 9.33. The Morgan fingerprint density at radius 2 is 1.89 bits per heavy atom. The Labute approximate surface area is 156 Å². The smallest absolute Gasteiger partial charge is 0.321 e. The number of rotatable bonds is 1. The Morgan fingerprint density at radius 1 is 1.04 bits per heavy atom. The fourth-order valence-electron chi connectivity index (χ4n) is 4.39. The predicted octanol–water partition coefficient (Wildman–Crippen LogP) is 2.27. The van der Waals surface area contributed by atoms with Crippen molar-refractivity contribution < 1.29 is 14.3 Å². The molecule has 0 radical (unpaired) electrons. The maximum Gasteiger partial charge on any atom is 0.321 e. The fourth-order valence-corrected chi connectivity index (χ4v) is 4.39. The molecule has 0 unspecified atom stereocenters. The molecule has 1 fully saturated rings. The minimum Gasteiger partial charge on any atom is -0.486 e. The van der Waals surface area contributed by atoms with Crippen LogP contribution in [0.5, 0.6) is 11.5 Å². The van der Waals surface area contributed by atoms with Crippen molar-refractivity contribution in [1.82, 2.24) is 9.47 Å². The second kappa shape index (κ2) is 6.33. The average Bonchev–Trinajstić information content (AvgIpc) is 2.68. The van der Waals surface area contributed by atoms with Gasteiger partial charge in [0.05, 0.1) is 0 Å². The highest BCUT2D eigenvalue weighted by Crippen LogP contribution is 2.36. The molecular weight excluding hydrogens is 346 g/mol. The molecule has 1 saturated heterocycles. The van der Waals surface area contributed by atoms with Crippen LogP contribution in [-0.4, -0.2) is 41.8 Å². The third-order valence-electron chi connectivity index (χ3n) is 5.56. The van der Waals surface area contributed by atoms with Crippen LogP contribution in [0.4, 0.5) is 10.5 Å². The Kier molecular flexibility index (Phi) is 3.81. The normalized spacial score (nSPS) is 22.7. The molecule has 0 saturated carbocycles. The summed E-state index contributed by atoms with van der Waals surface area (Å²) in [4.78, 5) is 26.8. The highest BCUT2D eigenvalue weighted by molar-refractivity contribution is 5.90. The zero-order valence-corrected chi connectivity index (χ0v) is 14.9. The van der Waals surface area contributed by atoms with E-state index in [-0.39, 0.29) is 17.5 Å². The van der Waals surface area contributed by atoms with E-state index in [1.54, 1.807) is 12.1 Å². The molecule has 3 aliphatic rings. The maximum atomic E-state index is 12.8. The summed E-state index contributed by atoms with van der Waals surface area (Å²) in [6, 6.07) is 10.7. The number of piperidine rings is 1. The highest BCUT2D eigenvalue weighted by atomic mass is 16.6. The molecule has 1 aromatic heterocycles. The van der Waals surface area contributed by atoms with Crippen molar-refractivity contribution in [2.24, 2.45) is 5.92 Å². The zero-order chi connectivity index (χ0) is 18.4. The zero-order valence-electron chi connectivity index (χ0n) is 14.9. The SMILES string of the molecule is O=C(Nc1ccc2c(c1)OCCO2)N1C[C@@H]2C[C@H](C1)c1cccc(=O)n1C2. The molecule has 2 amide bonds. The molecule has 1 aromatic carbocycles. The number of nitrogens with zero attached hydrogens (tertiary/aromatic N) is 2. The van der Waals surface area contributed by atoms with Gasteiger partial charge in [0.1, 0.15) is 13.2 Å². The van der Waals surface area contributed by atoms with Gasteiger partial charge in [-0.05, 0) is 30.5 Å². The summed E-state index contributed by atoms with van der Waals surface area (Å²) in [5, 5.41) is 2.97. The van der Waals surface area contributed by atoms with E-state index < -0.39 is 0 Å². The van der Waals surface area contributed by atoms with Gasteiger partial charge in [-0.2, -0.15) is 0 Å². The summed E-state index contributed by atoms with van der Waals surface area (Å²) in [6.07, 6.45) is 1.03. The number of hydrogen-bond donors (Lipinski definition) is 1. The first-order valence-electron chi connectivity index (χ1n) is 9.33. The number of nitrogens with one attached hydrogen (secondary N) is 1.